The van der Waals surface area contributed by atoms with E-state index >= 15 is 0 Å². The number of fused-ring (bicyclic) bond motifs is 2. The van der Waals surface area contributed by atoms with Crippen LogP contribution < -0.4 is 15.1 Å². The molecule has 1 aliphatic rings. The first-order valence-corrected chi connectivity index (χ1v) is 9.44. The van der Waals surface area contributed by atoms with E-state index in [4.69, 9.17) is 38.5 Å². The number of halogens is 3. The Kier molecular flexibility index (Phi) is 2.63. The van der Waals surface area contributed by atoms with E-state index in [9.17, 15) is 0 Å². The molecule has 1 aliphatic heterocycles. The van der Waals surface area contributed by atoms with Crippen LogP contribution in [-0.2, 0) is 0 Å². The van der Waals surface area contributed by atoms with Gasteiger partial charge in [0.05, 0.1) is 0 Å². The number of ether oxygens (including phenoxy) is 1. The van der Waals surface area contributed by atoms with Gasteiger partial charge in [-0.2, -0.15) is 0 Å². The highest BCUT2D eigenvalue weighted by molar-refractivity contribution is 7.56. The third-order valence-electron chi connectivity index (χ3n) is 2.73. The summed E-state index contributed by atoms with van der Waals surface area (Å²) < 4.78 is 5.78. The van der Waals surface area contributed by atoms with E-state index in [0.29, 0.717) is 10.8 Å². The van der Waals surface area contributed by atoms with E-state index in [1.165, 1.54) is 0 Å². The predicted octanol–water partition coefficient (Wildman–Crippen LogP) is 3.48. The van der Waals surface area contributed by atoms with Crippen molar-refractivity contribution in [2.45, 2.75) is 0 Å². The Balaban J connectivity index is 2.26. The van der Waals surface area contributed by atoms with Gasteiger partial charge in [-0.25, -0.2) is 0 Å². The van der Waals surface area contributed by atoms with Gasteiger partial charge in [-0.3, -0.25) is 0 Å². The second kappa shape index (κ2) is 3.92. The van der Waals surface area contributed by atoms with E-state index in [-0.39, 0.29) is 0 Å². The molecule has 0 N–H and O–H groups in total. The van der Waals surface area contributed by atoms with Crippen LogP contribution in [0.15, 0.2) is 42.5 Å². The van der Waals surface area contributed by atoms with Gasteiger partial charge in [-0.15, -0.1) is 22.2 Å². The van der Waals surface area contributed by atoms with Crippen LogP contribution >= 0.6 is 33.8 Å². The Morgan fingerprint density at radius 1 is 0.882 bits per heavy atom. The van der Waals surface area contributed by atoms with Gasteiger partial charge in [0.15, 0.2) is 0 Å². The molecule has 2 aromatic rings. The maximum atomic E-state index is 6.57. The molecule has 0 aliphatic carbocycles. The molecule has 0 fully saturated rings. The predicted molar refractivity (Wildman–Crippen MR) is 74.7 cm³/mol. The third kappa shape index (κ3) is 1.76. The summed E-state index contributed by atoms with van der Waals surface area (Å²) in [6.07, 6.45) is 0. The summed E-state index contributed by atoms with van der Waals surface area (Å²) in [4.78, 5) is 0. The molecule has 0 unspecified atom stereocenters. The van der Waals surface area contributed by atoms with Crippen molar-refractivity contribution in [2.24, 2.45) is 0 Å². The standard InChI is InChI=1S/C12H7Cl3OSi/c13-8-5-6-12-10(7-8)16-9-3-1-2-4-11(9)17(12,14)15/h1-7H. The van der Waals surface area contributed by atoms with E-state index in [0.717, 1.165) is 16.1 Å². The highest BCUT2D eigenvalue weighted by Crippen LogP contribution is 2.33. The molecule has 86 valence electrons. The molecule has 17 heavy (non-hydrogen) atoms. The van der Waals surface area contributed by atoms with Crippen LogP contribution in [0.5, 0.6) is 11.5 Å². The minimum absolute atomic E-state index is 0.612. The minimum atomic E-state index is -2.69. The maximum Gasteiger partial charge on any atom is 0.317 e. The van der Waals surface area contributed by atoms with Gasteiger partial charge in [-0.05, 0) is 18.2 Å². The lowest BCUT2D eigenvalue weighted by atomic mass is 10.3. The van der Waals surface area contributed by atoms with Crippen molar-refractivity contribution in [2.75, 3.05) is 0 Å². The second-order valence-electron chi connectivity index (χ2n) is 3.81. The zero-order valence-corrected chi connectivity index (χ0v) is 11.9. The van der Waals surface area contributed by atoms with Crippen LogP contribution in [0.4, 0.5) is 0 Å². The van der Waals surface area contributed by atoms with Crippen molar-refractivity contribution in [3.05, 3.63) is 47.5 Å². The summed E-state index contributed by atoms with van der Waals surface area (Å²) in [6, 6.07) is 13.0. The lowest BCUT2D eigenvalue weighted by Gasteiger charge is -2.28. The zero-order valence-electron chi connectivity index (χ0n) is 8.58. The van der Waals surface area contributed by atoms with Gasteiger partial charge < -0.3 is 4.74 Å². The summed E-state index contributed by atoms with van der Waals surface area (Å²) in [5.41, 5.74) is 0. The molecular formula is C12H7Cl3OSi. The first kappa shape index (κ1) is 11.4. The van der Waals surface area contributed by atoms with Crippen LogP contribution in [0.25, 0.3) is 0 Å². The van der Waals surface area contributed by atoms with Gasteiger partial charge in [0.25, 0.3) is 0 Å². The average Bonchev–Trinajstić information content (AvgIpc) is 2.28. The topological polar surface area (TPSA) is 9.23 Å². The van der Waals surface area contributed by atoms with Gasteiger partial charge in [0, 0.05) is 15.4 Å². The lowest BCUT2D eigenvalue weighted by molar-refractivity contribution is 0.487. The molecule has 0 saturated heterocycles. The van der Waals surface area contributed by atoms with Crippen molar-refractivity contribution < 1.29 is 4.74 Å². The molecule has 2 aromatic carbocycles. The van der Waals surface area contributed by atoms with Crippen molar-refractivity contribution in [3.63, 3.8) is 0 Å². The number of rotatable bonds is 0. The largest absolute Gasteiger partial charge is 0.457 e. The molecule has 1 heterocycles. The van der Waals surface area contributed by atoms with Crippen LogP contribution in [0.3, 0.4) is 0 Å². The fourth-order valence-corrected chi connectivity index (χ4v) is 5.72. The normalized spacial score (nSPS) is 15.7. The molecule has 0 saturated carbocycles. The molecule has 0 bridgehead atoms. The molecule has 1 nitrogen and oxygen atoms in total. The molecule has 0 radical (unpaired) electrons. The quantitative estimate of drug-likeness (QED) is 0.535. The SMILES string of the molecule is Clc1ccc2c(c1)Oc1ccccc1[Si]2(Cl)Cl. The summed E-state index contributed by atoms with van der Waals surface area (Å²) in [6.45, 7) is -2.69. The lowest BCUT2D eigenvalue weighted by Crippen LogP contribution is -2.52. The average molecular weight is 302 g/mol. The molecular weight excluding hydrogens is 295 g/mol. The van der Waals surface area contributed by atoms with Crippen LogP contribution in [0.1, 0.15) is 0 Å². The van der Waals surface area contributed by atoms with Crippen molar-refractivity contribution in [1.82, 2.24) is 0 Å². The summed E-state index contributed by atoms with van der Waals surface area (Å²) in [5, 5.41) is 2.35. The fourth-order valence-electron chi connectivity index (χ4n) is 1.92. The highest BCUT2D eigenvalue weighted by atomic mass is 35.7. The van der Waals surface area contributed by atoms with E-state index in [1.807, 2.05) is 30.3 Å². The van der Waals surface area contributed by atoms with Crippen LogP contribution in [0.2, 0.25) is 5.02 Å². The van der Waals surface area contributed by atoms with E-state index < -0.39 is 6.69 Å². The monoisotopic (exact) mass is 300 g/mol. The number of hydrogen-bond acceptors (Lipinski definition) is 1. The first-order chi connectivity index (χ1) is 8.09. The summed E-state index contributed by atoms with van der Waals surface area (Å²) in [5.74, 6) is 1.38. The van der Waals surface area contributed by atoms with Crippen LogP contribution in [0, 0.1) is 0 Å². The molecule has 5 heteroatoms. The minimum Gasteiger partial charge on any atom is -0.457 e. The Morgan fingerprint density at radius 3 is 2.41 bits per heavy atom. The fraction of sp³-hybridized carbons (Fsp3) is 0. The second-order valence-corrected chi connectivity index (χ2v) is 10.5. The number of benzene rings is 2. The molecule has 0 spiro atoms. The zero-order chi connectivity index (χ0) is 12.0. The van der Waals surface area contributed by atoms with Gasteiger partial charge in [0.1, 0.15) is 11.5 Å². The Labute approximate surface area is 114 Å². The van der Waals surface area contributed by atoms with Crippen molar-refractivity contribution in [3.8, 4) is 11.5 Å². The number of hydrogen-bond donors (Lipinski definition) is 0. The highest BCUT2D eigenvalue weighted by Gasteiger charge is 2.42. The van der Waals surface area contributed by atoms with Crippen LogP contribution in [-0.4, -0.2) is 6.69 Å². The van der Waals surface area contributed by atoms with Crippen molar-refractivity contribution in [1.29, 1.82) is 0 Å². The Hall–Kier alpha value is -0.673. The van der Waals surface area contributed by atoms with Gasteiger partial charge >= 0.3 is 6.69 Å². The Morgan fingerprint density at radius 2 is 1.59 bits per heavy atom. The number of para-hydroxylation sites is 1. The summed E-state index contributed by atoms with van der Waals surface area (Å²) >= 11 is 19.1. The van der Waals surface area contributed by atoms with Crippen molar-refractivity contribution >= 4 is 50.8 Å². The first-order valence-electron chi connectivity index (χ1n) is 5.04. The molecule has 0 atom stereocenters. The smallest absolute Gasteiger partial charge is 0.317 e. The molecule has 0 amide bonds. The van der Waals surface area contributed by atoms with E-state index in [1.54, 1.807) is 12.1 Å². The van der Waals surface area contributed by atoms with Gasteiger partial charge in [-0.1, -0.05) is 35.9 Å². The molecule has 0 aromatic heterocycles. The third-order valence-corrected chi connectivity index (χ3v) is 7.58. The molecule has 3 rings (SSSR count). The maximum absolute atomic E-state index is 6.57. The van der Waals surface area contributed by atoms with E-state index in [2.05, 4.69) is 0 Å². The Bertz CT molecular complexity index is 598. The summed E-state index contributed by atoms with van der Waals surface area (Å²) in [7, 11) is 0. The van der Waals surface area contributed by atoms with Gasteiger partial charge in [0.2, 0.25) is 0 Å².